The maximum Gasteiger partial charge on any atom is 0.283 e. The molecule has 30 heavy (non-hydrogen) atoms. The van der Waals surface area contributed by atoms with Crippen LogP contribution in [0.5, 0.6) is 5.75 Å². The number of ether oxygens (including phenoxy) is 4. The number of allylic oxidation sites excluding steroid dienone is 7. The fourth-order valence-electron chi connectivity index (χ4n) is 4.89. The third kappa shape index (κ3) is 2.50. The number of fused-ring (bicyclic) bond motifs is 3. The minimum Gasteiger partial charge on any atom is -0.497 e. The summed E-state index contributed by atoms with van der Waals surface area (Å²) < 4.78 is 23.4. The maximum absolute atomic E-state index is 6.50. The van der Waals surface area contributed by atoms with E-state index in [4.69, 9.17) is 29.7 Å². The van der Waals surface area contributed by atoms with Crippen LogP contribution in [0.1, 0.15) is 25.0 Å². The van der Waals surface area contributed by atoms with Gasteiger partial charge in [0, 0.05) is 5.56 Å². The lowest BCUT2D eigenvalue weighted by atomic mass is 9.55. The summed E-state index contributed by atoms with van der Waals surface area (Å²) in [6.07, 6.45) is 12.0. The molecule has 6 nitrogen and oxygen atoms in total. The van der Waals surface area contributed by atoms with Crippen LogP contribution in [0.4, 0.5) is 0 Å². The second kappa shape index (κ2) is 6.51. The van der Waals surface area contributed by atoms with E-state index in [-0.39, 0.29) is 11.4 Å². The fourth-order valence-corrected chi connectivity index (χ4v) is 4.89. The van der Waals surface area contributed by atoms with Crippen LogP contribution in [0.15, 0.2) is 65.4 Å². The van der Waals surface area contributed by atoms with Gasteiger partial charge in [-0.1, -0.05) is 30.4 Å². The summed E-state index contributed by atoms with van der Waals surface area (Å²) in [5.41, 5.74) is 7.62. The Bertz CT molecular complexity index is 1040. The molecule has 2 N–H and O–H groups in total. The van der Waals surface area contributed by atoms with Crippen molar-refractivity contribution in [1.82, 2.24) is 0 Å². The molecule has 1 atom stereocenters. The van der Waals surface area contributed by atoms with Crippen LogP contribution in [0, 0.1) is 5.41 Å². The van der Waals surface area contributed by atoms with Crippen molar-refractivity contribution in [3.05, 3.63) is 71.5 Å². The molecular formula is C24H26N2O4. The minimum atomic E-state index is -0.645. The second-order valence-electron chi connectivity index (χ2n) is 8.61. The molecule has 4 aliphatic rings. The maximum atomic E-state index is 6.50. The third-order valence-electron chi connectivity index (χ3n) is 6.79. The van der Waals surface area contributed by atoms with E-state index in [0.717, 1.165) is 28.2 Å². The average molecular weight is 406 g/mol. The molecule has 0 aromatic heterocycles. The van der Waals surface area contributed by atoms with Crippen molar-refractivity contribution in [2.45, 2.75) is 25.0 Å². The molecule has 1 aromatic carbocycles. The largest absolute Gasteiger partial charge is 0.497 e. The quantitative estimate of drug-likeness (QED) is 0.814. The van der Waals surface area contributed by atoms with E-state index in [1.807, 2.05) is 36.4 Å². The van der Waals surface area contributed by atoms with Gasteiger partial charge in [-0.2, -0.15) is 0 Å². The van der Waals surface area contributed by atoms with Gasteiger partial charge in [-0.05, 0) is 49.3 Å². The fraction of sp³-hybridized carbons (Fsp3) is 0.375. The smallest absolute Gasteiger partial charge is 0.283 e. The lowest BCUT2D eigenvalue weighted by Crippen LogP contribution is -2.71. The van der Waals surface area contributed by atoms with Crippen molar-refractivity contribution in [2.24, 2.45) is 16.1 Å². The van der Waals surface area contributed by atoms with Gasteiger partial charge >= 0.3 is 0 Å². The zero-order chi connectivity index (χ0) is 21.0. The molecular weight excluding hydrogens is 380 g/mol. The molecule has 0 saturated carbocycles. The summed E-state index contributed by atoms with van der Waals surface area (Å²) in [5, 5.41) is 0. The van der Waals surface area contributed by atoms with E-state index >= 15 is 0 Å². The van der Waals surface area contributed by atoms with Crippen LogP contribution in [-0.2, 0) is 19.7 Å². The summed E-state index contributed by atoms with van der Waals surface area (Å²) in [6.45, 7) is 5.67. The molecule has 6 heteroatoms. The topological polar surface area (TPSA) is 75.3 Å². The standard InChI is InChI=1S/C24H26N2O4/c1-22(2)23(13-28-14-23)24(15-29-21(25)26-24)19-12-17(9-10-20(19)30-22)16-7-5-4-6-8-18(11-16)27-3/h4-12H,13-15H2,1-3H3,(H2,25,26)/b5-4+,6-4?,7-5?,8-6?,16-7+,16-11?,18-8?,18-11?. The highest BCUT2D eigenvalue weighted by Gasteiger charge is 2.71. The Morgan fingerprint density at radius 2 is 1.93 bits per heavy atom. The number of hydrogen-bond donors (Lipinski definition) is 1. The molecule has 3 heterocycles. The minimum absolute atomic E-state index is 0.218. The lowest BCUT2D eigenvalue weighted by Gasteiger charge is -2.61. The Morgan fingerprint density at radius 1 is 1.10 bits per heavy atom. The van der Waals surface area contributed by atoms with Crippen molar-refractivity contribution >= 4 is 11.6 Å². The normalized spacial score (nSPS) is 30.4. The van der Waals surface area contributed by atoms with E-state index in [0.29, 0.717) is 19.8 Å². The molecule has 0 radical (unpaired) electrons. The molecule has 2 spiro atoms. The van der Waals surface area contributed by atoms with Crippen molar-refractivity contribution in [2.75, 3.05) is 26.9 Å². The molecule has 1 aliphatic carbocycles. The Labute approximate surface area is 176 Å². The van der Waals surface area contributed by atoms with Gasteiger partial charge in [0.2, 0.25) is 0 Å². The van der Waals surface area contributed by atoms with Gasteiger partial charge in [0.25, 0.3) is 6.02 Å². The molecule has 1 unspecified atom stereocenters. The molecule has 0 bridgehead atoms. The Morgan fingerprint density at radius 3 is 2.60 bits per heavy atom. The molecule has 0 amide bonds. The molecule has 3 aliphatic heterocycles. The zero-order valence-electron chi connectivity index (χ0n) is 17.5. The van der Waals surface area contributed by atoms with E-state index in [9.17, 15) is 0 Å². The van der Waals surface area contributed by atoms with Gasteiger partial charge in [0.15, 0.2) is 0 Å². The number of benzene rings is 1. The van der Waals surface area contributed by atoms with Crippen molar-refractivity contribution in [1.29, 1.82) is 0 Å². The van der Waals surface area contributed by atoms with Crippen LogP contribution >= 0.6 is 0 Å². The van der Waals surface area contributed by atoms with Gasteiger partial charge in [0.05, 0.1) is 25.7 Å². The first-order valence-corrected chi connectivity index (χ1v) is 10.1. The monoisotopic (exact) mass is 406 g/mol. The predicted molar refractivity (Wildman–Crippen MR) is 115 cm³/mol. The number of amidine groups is 1. The Kier molecular flexibility index (Phi) is 4.12. The summed E-state index contributed by atoms with van der Waals surface area (Å²) >= 11 is 0. The van der Waals surface area contributed by atoms with E-state index in [2.05, 4.69) is 32.1 Å². The summed E-state index contributed by atoms with van der Waals surface area (Å²) in [6, 6.07) is 6.44. The van der Waals surface area contributed by atoms with Crippen molar-refractivity contribution < 1.29 is 18.9 Å². The van der Waals surface area contributed by atoms with Crippen LogP contribution in [0.2, 0.25) is 0 Å². The van der Waals surface area contributed by atoms with Gasteiger partial charge < -0.3 is 24.7 Å². The number of nitrogens with zero attached hydrogens (tertiary/aromatic N) is 1. The van der Waals surface area contributed by atoms with E-state index in [1.165, 1.54) is 0 Å². The molecule has 5 rings (SSSR count). The molecule has 1 saturated heterocycles. The lowest BCUT2D eigenvalue weighted by molar-refractivity contribution is -0.247. The Hall–Kier alpha value is -2.99. The molecule has 156 valence electrons. The van der Waals surface area contributed by atoms with Gasteiger partial charge in [-0.15, -0.1) is 0 Å². The number of methoxy groups -OCH3 is 1. The van der Waals surface area contributed by atoms with Crippen LogP contribution in [-0.4, -0.2) is 38.6 Å². The molecule has 1 aromatic rings. The average Bonchev–Trinajstić information content (AvgIpc) is 3.02. The second-order valence-corrected chi connectivity index (χ2v) is 8.61. The van der Waals surface area contributed by atoms with Crippen LogP contribution in [0.3, 0.4) is 0 Å². The van der Waals surface area contributed by atoms with Crippen molar-refractivity contribution in [3.63, 3.8) is 0 Å². The highest BCUT2D eigenvalue weighted by atomic mass is 16.5. The zero-order valence-corrected chi connectivity index (χ0v) is 17.5. The van der Waals surface area contributed by atoms with Crippen LogP contribution < -0.4 is 10.5 Å². The van der Waals surface area contributed by atoms with E-state index in [1.54, 1.807) is 7.11 Å². The summed E-state index contributed by atoms with van der Waals surface area (Å²) in [7, 11) is 1.67. The van der Waals surface area contributed by atoms with Crippen LogP contribution in [0.25, 0.3) is 5.57 Å². The highest BCUT2D eigenvalue weighted by Crippen LogP contribution is 2.62. The molecule has 1 fully saturated rings. The number of aliphatic imine (C=N–C) groups is 1. The predicted octanol–water partition coefficient (Wildman–Crippen LogP) is 3.45. The highest BCUT2D eigenvalue weighted by molar-refractivity contribution is 5.79. The van der Waals surface area contributed by atoms with Gasteiger partial charge in [-0.25, -0.2) is 4.99 Å². The van der Waals surface area contributed by atoms with Crippen molar-refractivity contribution in [3.8, 4) is 5.75 Å². The van der Waals surface area contributed by atoms with Gasteiger partial charge in [-0.3, -0.25) is 0 Å². The summed E-state index contributed by atoms with van der Waals surface area (Å²) in [4.78, 5) is 4.87. The third-order valence-corrected chi connectivity index (χ3v) is 6.79. The number of hydrogen-bond acceptors (Lipinski definition) is 6. The first kappa shape index (κ1) is 19.0. The number of rotatable bonds is 2. The SMILES string of the molecule is COC1=C/C(c2ccc3c(c2)C2(COC(N)=N2)C2(COC2)C(C)(C)O3)=C\C=C\C=C1. The number of nitrogens with two attached hydrogens (primary N) is 1. The van der Waals surface area contributed by atoms with E-state index < -0.39 is 11.1 Å². The summed E-state index contributed by atoms with van der Waals surface area (Å²) in [5.74, 6) is 1.59. The first-order chi connectivity index (χ1) is 14.4. The Balaban J connectivity index is 1.69. The van der Waals surface area contributed by atoms with Gasteiger partial charge in [0.1, 0.15) is 29.3 Å². The first-order valence-electron chi connectivity index (χ1n) is 10.1.